The summed E-state index contributed by atoms with van der Waals surface area (Å²) in [5.74, 6) is 2.45. The molecule has 0 aliphatic heterocycles. The number of thioether (sulfide) groups is 1. The van der Waals surface area contributed by atoms with E-state index in [2.05, 4.69) is 6.92 Å². The van der Waals surface area contributed by atoms with Crippen LogP contribution in [-0.2, 0) is 9.59 Å². The molecule has 0 saturated heterocycles. The number of rotatable bonds is 1. The first kappa shape index (κ1) is 16.8. The van der Waals surface area contributed by atoms with E-state index < -0.39 is 0 Å². The van der Waals surface area contributed by atoms with Gasteiger partial charge in [0.05, 0.1) is 6.10 Å². The number of hydrogen-bond donors (Lipinski definition) is 1. The predicted molar refractivity (Wildman–Crippen MR) is 95.5 cm³/mol. The first-order valence-electron chi connectivity index (χ1n) is 9.48. The molecule has 132 valence electrons. The molecule has 0 amide bonds. The molecular weight excluding hydrogens is 320 g/mol. The number of aliphatic hydroxyl groups is 1. The van der Waals surface area contributed by atoms with Crippen LogP contribution in [0.3, 0.4) is 0 Å². The van der Waals surface area contributed by atoms with Crippen molar-refractivity contribution in [3.8, 4) is 0 Å². The first-order valence-corrected chi connectivity index (χ1v) is 10.4. The normalized spacial score (nSPS) is 47.5. The van der Waals surface area contributed by atoms with Crippen molar-refractivity contribution < 1.29 is 14.7 Å². The predicted octanol–water partition coefficient (Wildman–Crippen LogP) is 3.75. The van der Waals surface area contributed by atoms with Crippen LogP contribution in [0, 0.1) is 29.1 Å². The summed E-state index contributed by atoms with van der Waals surface area (Å²) >= 11 is 1.49. The van der Waals surface area contributed by atoms with Crippen molar-refractivity contribution in [2.24, 2.45) is 29.1 Å². The Morgan fingerprint density at radius 2 is 2.08 bits per heavy atom. The monoisotopic (exact) mass is 348 g/mol. The van der Waals surface area contributed by atoms with Gasteiger partial charge in [-0.15, -0.1) is 0 Å². The Bertz CT molecular complexity index is 598. The highest BCUT2D eigenvalue weighted by Gasteiger charge is 2.58. The Kier molecular flexibility index (Phi) is 4.20. The Labute approximate surface area is 148 Å². The summed E-state index contributed by atoms with van der Waals surface area (Å²) in [4.78, 5) is 23.8. The van der Waals surface area contributed by atoms with Crippen molar-refractivity contribution in [1.82, 2.24) is 0 Å². The highest BCUT2D eigenvalue weighted by Crippen LogP contribution is 2.63. The molecule has 3 nitrogen and oxygen atoms in total. The van der Waals surface area contributed by atoms with E-state index in [0.717, 1.165) is 38.5 Å². The first-order chi connectivity index (χ1) is 11.4. The van der Waals surface area contributed by atoms with Crippen LogP contribution in [0.2, 0.25) is 0 Å². The Hall–Kier alpha value is -0.610. The quantitative estimate of drug-likeness (QED) is 0.784. The molecule has 4 rings (SSSR count). The van der Waals surface area contributed by atoms with Gasteiger partial charge in [-0.1, -0.05) is 24.3 Å². The van der Waals surface area contributed by atoms with Gasteiger partial charge >= 0.3 is 0 Å². The Balaban J connectivity index is 1.71. The fraction of sp³-hybridized carbons (Fsp3) is 0.800. The number of hydrogen-bond acceptors (Lipinski definition) is 4. The van der Waals surface area contributed by atoms with Crippen LogP contribution in [0.15, 0.2) is 11.6 Å². The maximum atomic E-state index is 11.9. The summed E-state index contributed by atoms with van der Waals surface area (Å²) in [7, 11) is 0. The molecule has 0 unspecified atom stereocenters. The smallest absolute Gasteiger partial charge is 0.186 e. The highest BCUT2D eigenvalue weighted by atomic mass is 32.2. The van der Waals surface area contributed by atoms with Crippen LogP contribution in [0.25, 0.3) is 0 Å². The van der Waals surface area contributed by atoms with Gasteiger partial charge in [0, 0.05) is 18.6 Å². The maximum absolute atomic E-state index is 11.9. The van der Waals surface area contributed by atoms with Crippen molar-refractivity contribution in [2.45, 2.75) is 70.1 Å². The maximum Gasteiger partial charge on any atom is 0.186 e. The van der Waals surface area contributed by atoms with Gasteiger partial charge in [0.25, 0.3) is 0 Å². The number of allylic oxidation sites excluding steroid dienone is 1. The average molecular weight is 349 g/mol. The number of carbonyl (C=O) groups is 2. The van der Waals surface area contributed by atoms with Crippen LogP contribution in [0.1, 0.15) is 58.8 Å². The van der Waals surface area contributed by atoms with E-state index in [1.807, 2.05) is 6.08 Å². The SMILES string of the molecule is CC(=O)S[C@@H]1CC2=CC(=O)CC[C@@H]2[C@H]2CC[C@]3(C)[C@@H](O)CC[C@H]3[C@@H]21. The Morgan fingerprint density at radius 1 is 1.29 bits per heavy atom. The van der Waals surface area contributed by atoms with E-state index in [1.165, 1.54) is 17.3 Å². The van der Waals surface area contributed by atoms with Crippen LogP contribution < -0.4 is 0 Å². The molecular formula is C20H28O3S. The van der Waals surface area contributed by atoms with E-state index in [4.69, 9.17) is 0 Å². The molecule has 4 aliphatic rings. The zero-order valence-electron chi connectivity index (χ0n) is 14.7. The summed E-state index contributed by atoms with van der Waals surface area (Å²) in [6.45, 7) is 3.94. The van der Waals surface area contributed by atoms with Crippen molar-refractivity contribution in [1.29, 1.82) is 0 Å². The van der Waals surface area contributed by atoms with Crippen molar-refractivity contribution in [3.63, 3.8) is 0 Å². The minimum Gasteiger partial charge on any atom is -0.393 e. The molecule has 7 atom stereocenters. The topological polar surface area (TPSA) is 54.4 Å². The average Bonchev–Trinajstić information content (AvgIpc) is 2.82. The van der Waals surface area contributed by atoms with Crippen LogP contribution >= 0.6 is 11.8 Å². The molecule has 0 aromatic carbocycles. The van der Waals surface area contributed by atoms with E-state index in [1.54, 1.807) is 6.92 Å². The van der Waals surface area contributed by atoms with E-state index in [9.17, 15) is 14.7 Å². The lowest BCUT2D eigenvalue weighted by molar-refractivity contribution is -0.116. The molecule has 24 heavy (non-hydrogen) atoms. The van der Waals surface area contributed by atoms with E-state index >= 15 is 0 Å². The van der Waals surface area contributed by atoms with Gasteiger partial charge in [0.1, 0.15) is 0 Å². The van der Waals surface area contributed by atoms with Crippen molar-refractivity contribution >= 4 is 22.7 Å². The number of fused-ring (bicyclic) bond motifs is 5. The largest absolute Gasteiger partial charge is 0.393 e. The molecule has 4 aliphatic carbocycles. The van der Waals surface area contributed by atoms with Crippen molar-refractivity contribution in [3.05, 3.63) is 11.6 Å². The summed E-state index contributed by atoms with van der Waals surface area (Å²) < 4.78 is 0. The molecule has 0 aromatic heterocycles. The zero-order valence-corrected chi connectivity index (χ0v) is 15.5. The Morgan fingerprint density at radius 3 is 2.83 bits per heavy atom. The van der Waals surface area contributed by atoms with Gasteiger partial charge in [-0.05, 0) is 73.7 Å². The lowest BCUT2D eigenvalue weighted by Crippen LogP contribution is -2.52. The van der Waals surface area contributed by atoms with E-state index in [-0.39, 0.29) is 27.7 Å². The fourth-order valence-electron chi connectivity index (χ4n) is 6.47. The molecule has 0 aromatic rings. The summed E-state index contributed by atoms with van der Waals surface area (Å²) in [5, 5.41) is 11.1. The van der Waals surface area contributed by atoms with Crippen LogP contribution in [0.5, 0.6) is 0 Å². The van der Waals surface area contributed by atoms with E-state index in [0.29, 0.717) is 30.1 Å². The number of ketones is 1. The van der Waals surface area contributed by atoms with Crippen LogP contribution in [-0.4, -0.2) is 27.4 Å². The lowest BCUT2D eigenvalue weighted by atomic mass is 9.52. The highest BCUT2D eigenvalue weighted by molar-refractivity contribution is 8.14. The molecule has 3 fully saturated rings. The third-order valence-corrected chi connectivity index (χ3v) is 8.68. The summed E-state index contributed by atoms with van der Waals surface area (Å²) in [6.07, 6.45) is 8.53. The van der Waals surface area contributed by atoms with Gasteiger partial charge < -0.3 is 5.11 Å². The minimum atomic E-state index is -0.184. The molecule has 0 bridgehead atoms. The van der Waals surface area contributed by atoms with Gasteiger partial charge in [-0.3, -0.25) is 9.59 Å². The summed E-state index contributed by atoms with van der Waals surface area (Å²) in [6, 6.07) is 0. The van der Waals surface area contributed by atoms with Gasteiger partial charge in [0.15, 0.2) is 10.9 Å². The second-order valence-electron chi connectivity index (χ2n) is 8.67. The lowest BCUT2D eigenvalue weighted by Gasteiger charge is -2.55. The molecule has 0 spiro atoms. The molecule has 0 radical (unpaired) electrons. The zero-order chi connectivity index (χ0) is 17.1. The molecule has 3 saturated carbocycles. The number of carbonyl (C=O) groups excluding carboxylic acids is 2. The van der Waals surface area contributed by atoms with Gasteiger partial charge in [0.2, 0.25) is 0 Å². The fourth-order valence-corrected chi connectivity index (χ4v) is 7.72. The molecule has 0 heterocycles. The van der Waals surface area contributed by atoms with Crippen LogP contribution in [0.4, 0.5) is 0 Å². The summed E-state index contributed by atoms with van der Waals surface area (Å²) in [5.41, 5.74) is 1.34. The third-order valence-electron chi connectivity index (χ3n) is 7.56. The standard InChI is InChI=1S/C20H28O3S/c1-11(21)24-17-10-12-9-13(22)3-4-14(12)15-7-8-20(2)16(19(15)17)5-6-18(20)23/h9,14-19,23H,3-8,10H2,1-2H3/t14-,15+,16-,17+,18-,19+,20-/m0/s1. The minimum absolute atomic E-state index is 0.0302. The number of aliphatic hydroxyl groups excluding tert-OH is 1. The van der Waals surface area contributed by atoms with Gasteiger partial charge in [-0.25, -0.2) is 0 Å². The third kappa shape index (κ3) is 2.52. The van der Waals surface area contributed by atoms with Crippen molar-refractivity contribution in [2.75, 3.05) is 0 Å². The molecule has 4 heteroatoms. The van der Waals surface area contributed by atoms with Gasteiger partial charge in [-0.2, -0.15) is 0 Å². The second kappa shape index (κ2) is 5.98. The second-order valence-corrected chi connectivity index (χ2v) is 10.1. The molecule has 1 N–H and O–H groups in total.